The Labute approximate surface area is 120 Å². The third-order valence-electron chi connectivity index (χ3n) is 4.27. The molecule has 3 heterocycles. The third-order valence-corrected chi connectivity index (χ3v) is 5.02. The molecule has 0 aromatic carbocycles. The van der Waals surface area contributed by atoms with Crippen molar-refractivity contribution in [1.82, 2.24) is 14.3 Å². The van der Waals surface area contributed by atoms with Crippen molar-refractivity contribution in [2.45, 2.75) is 58.0 Å². The number of fused-ring (bicyclic) bond motifs is 1. The summed E-state index contributed by atoms with van der Waals surface area (Å²) in [5, 5.41) is 1.11. The Kier molecular flexibility index (Phi) is 3.29. The van der Waals surface area contributed by atoms with Crippen molar-refractivity contribution in [3.8, 4) is 0 Å². The maximum Gasteiger partial charge on any atom is 0.205 e. The number of aromatic nitrogens is 2. The number of piperazine rings is 1. The van der Waals surface area contributed by atoms with E-state index >= 15 is 0 Å². The van der Waals surface area contributed by atoms with E-state index in [0.29, 0.717) is 6.04 Å². The number of rotatable bonds is 1. The van der Waals surface area contributed by atoms with Crippen LogP contribution in [0.15, 0.2) is 0 Å². The Morgan fingerprint density at radius 2 is 2.05 bits per heavy atom. The van der Waals surface area contributed by atoms with Gasteiger partial charge in [-0.3, -0.25) is 4.90 Å². The molecule has 0 radical (unpaired) electrons. The first-order valence-electron chi connectivity index (χ1n) is 7.30. The molecule has 0 bridgehead atoms. The van der Waals surface area contributed by atoms with Gasteiger partial charge in [0.15, 0.2) is 0 Å². The largest absolute Gasteiger partial charge is 0.341 e. The van der Waals surface area contributed by atoms with Gasteiger partial charge in [0.05, 0.1) is 0 Å². The fraction of sp³-hybridized carbons (Fsp3) is 0.857. The highest BCUT2D eigenvalue weighted by Gasteiger charge is 2.36. The van der Waals surface area contributed by atoms with Crippen LogP contribution in [-0.4, -0.2) is 46.0 Å². The lowest BCUT2D eigenvalue weighted by Crippen LogP contribution is -2.55. The smallest absolute Gasteiger partial charge is 0.205 e. The Hall–Kier alpha value is -0.680. The van der Waals surface area contributed by atoms with E-state index < -0.39 is 0 Å². The van der Waals surface area contributed by atoms with Crippen molar-refractivity contribution >= 4 is 16.7 Å². The molecule has 5 heteroatoms. The molecule has 2 atom stereocenters. The van der Waals surface area contributed by atoms with E-state index in [4.69, 9.17) is 4.98 Å². The minimum atomic E-state index is 0.0488. The maximum atomic E-state index is 4.78. The Morgan fingerprint density at radius 1 is 1.26 bits per heavy atom. The van der Waals surface area contributed by atoms with E-state index in [0.717, 1.165) is 23.5 Å². The molecule has 1 aromatic rings. The van der Waals surface area contributed by atoms with Gasteiger partial charge in [-0.05, 0) is 26.3 Å². The summed E-state index contributed by atoms with van der Waals surface area (Å²) in [5.74, 6) is 0.980. The Balaban J connectivity index is 1.79. The highest BCUT2D eigenvalue weighted by atomic mass is 32.1. The third kappa shape index (κ3) is 2.50. The van der Waals surface area contributed by atoms with Crippen molar-refractivity contribution < 1.29 is 0 Å². The lowest BCUT2D eigenvalue weighted by Gasteiger charge is -2.42. The highest BCUT2D eigenvalue weighted by Crippen LogP contribution is 2.31. The standard InChI is InChI=1S/C14H24N4S/c1-10-8-17-7-5-6-11(17)9-18(10)13-15-12(16-19-13)14(2,3)4/h10-11H,5-9H2,1-4H3. The quantitative estimate of drug-likeness (QED) is 0.791. The zero-order valence-corrected chi connectivity index (χ0v) is 13.2. The minimum Gasteiger partial charge on any atom is -0.341 e. The van der Waals surface area contributed by atoms with Crippen LogP contribution in [0.1, 0.15) is 46.4 Å². The van der Waals surface area contributed by atoms with Crippen molar-refractivity contribution in [2.75, 3.05) is 24.5 Å². The van der Waals surface area contributed by atoms with E-state index in [-0.39, 0.29) is 5.41 Å². The number of hydrogen-bond donors (Lipinski definition) is 0. The van der Waals surface area contributed by atoms with Gasteiger partial charge < -0.3 is 4.90 Å². The van der Waals surface area contributed by atoms with Crippen molar-refractivity contribution in [3.63, 3.8) is 0 Å². The summed E-state index contributed by atoms with van der Waals surface area (Å²) in [6, 6.07) is 1.29. The summed E-state index contributed by atoms with van der Waals surface area (Å²) in [6.07, 6.45) is 2.70. The molecule has 0 aliphatic carbocycles. The first-order chi connectivity index (χ1) is 8.95. The summed E-state index contributed by atoms with van der Waals surface area (Å²) in [7, 11) is 0. The van der Waals surface area contributed by atoms with Crippen LogP contribution in [0, 0.1) is 0 Å². The van der Waals surface area contributed by atoms with Gasteiger partial charge in [-0.2, -0.15) is 4.37 Å². The average Bonchev–Trinajstić information content (AvgIpc) is 2.93. The second-order valence-electron chi connectivity index (χ2n) is 6.94. The lowest BCUT2D eigenvalue weighted by atomic mass is 9.96. The number of anilines is 1. The molecule has 0 saturated carbocycles. The topological polar surface area (TPSA) is 32.3 Å². The number of nitrogens with zero attached hydrogens (tertiary/aromatic N) is 4. The second kappa shape index (κ2) is 4.70. The zero-order chi connectivity index (χ0) is 13.6. The summed E-state index contributed by atoms with van der Waals surface area (Å²) < 4.78 is 4.56. The molecule has 0 N–H and O–H groups in total. The van der Waals surface area contributed by atoms with Crippen molar-refractivity contribution in [1.29, 1.82) is 0 Å². The molecular formula is C14H24N4S. The molecular weight excluding hydrogens is 256 g/mol. The van der Waals surface area contributed by atoms with Gasteiger partial charge in [0.2, 0.25) is 5.13 Å². The summed E-state index contributed by atoms with van der Waals surface area (Å²) in [4.78, 5) is 9.90. The van der Waals surface area contributed by atoms with Gasteiger partial charge in [0.25, 0.3) is 0 Å². The summed E-state index contributed by atoms with van der Waals surface area (Å²) in [5.41, 5.74) is 0.0488. The van der Waals surface area contributed by atoms with E-state index in [2.05, 4.69) is 41.9 Å². The van der Waals surface area contributed by atoms with Crippen LogP contribution in [0.2, 0.25) is 0 Å². The molecule has 4 nitrogen and oxygen atoms in total. The fourth-order valence-corrected chi connectivity index (χ4v) is 4.06. The summed E-state index contributed by atoms with van der Waals surface area (Å²) in [6.45, 7) is 12.4. The molecule has 2 fully saturated rings. The molecule has 19 heavy (non-hydrogen) atoms. The van der Waals surface area contributed by atoms with Gasteiger partial charge in [-0.1, -0.05) is 20.8 Å². The van der Waals surface area contributed by atoms with E-state index in [1.165, 1.54) is 25.9 Å². The lowest BCUT2D eigenvalue weighted by molar-refractivity contribution is 0.203. The normalized spacial score (nSPS) is 28.7. The number of hydrogen-bond acceptors (Lipinski definition) is 5. The Bertz CT molecular complexity index is 451. The van der Waals surface area contributed by atoms with Gasteiger partial charge in [-0.15, -0.1) is 0 Å². The molecule has 3 rings (SSSR count). The van der Waals surface area contributed by atoms with Crippen LogP contribution in [0.5, 0.6) is 0 Å². The van der Waals surface area contributed by atoms with Crippen molar-refractivity contribution in [3.05, 3.63) is 5.82 Å². The molecule has 2 saturated heterocycles. The van der Waals surface area contributed by atoms with Crippen LogP contribution in [0.3, 0.4) is 0 Å². The van der Waals surface area contributed by atoms with Gasteiger partial charge in [-0.25, -0.2) is 4.98 Å². The molecule has 0 amide bonds. The molecule has 2 unspecified atom stereocenters. The summed E-state index contributed by atoms with van der Waals surface area (Å²) >= 11 is 1.57. The van der Waals surface area contributed by atoms with Crippen LogP contribution in [0.25, 0.3) is 0 Å². The van der Waals surface area contributed by atoms with Gasteiger partial charge in [0, 0.05) is 42.1 Å². The van der Waals surface area contributed by atoms with E-state index in [1.807, 2.05) is 0 Å². The molecule has 0 spiro atoms. The van der Waals surface area contributed by atoms with E-state index in [9.17, 15) is 0 Å². The highest BCUT2D eigenvalue weighted by molar-refractivity contribution is 7.09. The molecule has 106 valence electrons. The first-order valence-corrected chi connectivity index (χ1v) is 8.07. The Morgan fingerprint density at radius 3 is 2.74 bits per heavy atom. The van der Waals surface area contributed by atoms with Crippen LogP contribution < -0.4 is 4.90 Å². The van der Waals surface area contributed by atoms with Crippen LogP contribution >= 0.6 is 11.5 Å². The second-order valence-corrected chi connectivity index (χ2v) is 7.67. The molecule has 1 aromatic heterocycles. The predicted molar refractivity (Wildman–Crippen MR) is 80.0 cm³/mol. The zero-order valence-electron chi connectivity index (χ0n) is 12.4. The fourth-order valence-electron chi connectivity index (χ4n) is 3.09. The van der Waals surface area contributed by atoms with E-state index in [1.54, 1.807) is 11.5 Å². The van der Waals surface area contributed by atoms with Crippen LogP contribution in [-0.2, 0) is 5.41 Å². The first kappa shape index (κ1) is 13.3. The molecule has 2 aliphatic heterocycles. The average molecular weight is 280 g/mol. The maximum absolute atomic E-state index is 4.78. The molecule has 2 aliphatic rings. The SMILES string of the molecule is CC1CN2CCCC2CN1c1nc(C(C)(C)C)ns1. The van der Waals surface area contributed by atoms with Crippen LogP contribution in [0.4, 0.5) is 5.13 Å². The van der Waals surface area contributed by atoms with Gasteiger partial charge >= 0.3 is 0 Å². The monoisotopic (exact) mass is 280 g/mol. The van der Waals surface area contributed by atoms with Gasteiger partial charge in [0.1, 0.15) is 5.82 Å². The van der Waals surface area contributed by atoms with Crippen molar-refractivity contribution in [2.24, 2.45) is 0 Å². The minimum absolute atomic E-state index is 0.0488. The predicted octanol–water partition coefficient (Wildman–Crippen LogP) is 2.51.